The van der Waals surface area contributed by atoms with E-state index in [1.54, 1.807) is 35.5 Å². The molecule has 0 aliphatic heterocycles. The number of thiazole rings is 1. The van der Waals surface area contributed by atoms with Crippen LogP contribution in [0.5, 0.6) is 0 Å². The summed E-state index contributed by atoms with van der Waals surface area (Å²) >= 11 is 2.80. The Balaban J connectivity index is 1.30. The Morgan fingerprint density at radius 2 is 2.03 bits per heavy atom. The van der Waals surface area contributed by atoms with Gasteiger partial charge in [0.2, 0.25) is 5.91 Å². The molecule has 8 nitrogen and oxygen atoms in total. The molecule has 0 aliphatic carbocycles. The Morgan fingerprint density at radius 1 is 1.20 bits per heavy atom. The smallest absolute Gasteiger partial charge is 0.293 e. The number of furan rings is 1. The van der Waals surface area contributed by atoms with Crippen molar-refractivity contribution in [3.63, 3.8) is 0 Å². The molecule has 30 heavy (non-hydrogen) atoms. The molecule has 0 saturated carbocycles. The fourth-order valence-corrected chi connectivity index (χ4v) is 4.05. The number of aromatic nitrogens is 3. The van der Waals surface area contributed by atoms with Crippen LogP contribution in [0, 0.1) is 0 Å². The standard InChI is InChI=1S/C20H17N5O3S2/c1-25-9-8-21-20(25)30-15-6-4-13(5-7-15)22-17(26)11-14-12-29-19(23-14)24-18(27)16-3-2-10-28-16/h2-10,12H,11H2,1H3,(H,22,26)(H,23,24,27). The average molecular weight is 440 g/mol. The van der Waals surface area contributed by atoms with Gasteiger partial charge in [-0.25, -0.2) is 9.97 Å². The Kier molecular flexibility index (Phi) is 5.96. The van der Waals surface area contributed by atoms with Gasteiger partial charge < -0.3 is 14.3 Å². The quantitative estimate of drug-likeness (QED) is 0.450. The van der Waals surface area contributed by atoms with Gasteiger partial charge in [-0.1, -0.05) is 11.8 Å². The lowest BCUT2D eigenvalue weighted by Gasteiger charge is -2.06. The van der Waals surface area contributed by atoms with Crippen molar-refractivity contribution >= 4 is 45.7 Å². The van der Waals surface area contributed by atoms with Gasteiger partial charge in [0.15, 0.2) is 16.0 Å². The average Bonchev–Trinajstić information content (AvgIpc) is 3.47. The highest BCUT2D eigenvalue weighted by atomic mass is 32.2. The van der Waals surface area contributed by atoms with Crippen LogP contribution in [0.2, 0.25) is 0 Å². The minimum Gasteiger partial charge on any atom is -0.459 e. The number of anilines is 2. The molecule has 152 valence electrons. The highest BCUT2D eigenvalue weighted by molar-refractivity contribution is 7.99. The summed E-state index contributed by atoms with van der Waals surface area (Å²) in [5, 5.41) is 8.55. The second kappa shape index (κ2) is 8.97. The van der Waals surface area contributed by atoms with Crippen LogP contribution in [0.15, 0.2) is 74.9 Å². The predicted molar refractivity (Wildman–Crippen MR) is 115 cm³/mol. The summed E-state index contributed by atoms with van der Waals surface area (Å²) in [6.07, 6.45) is 5.18. The molecule has 2 amide bonds. The van der Waals surface area contributed by atoms with Gasteiger partial charge in [0.05, 0.1) is 18.4 Å². The molecule has 0 spiro atoms. The summed E-state index contributed by atoms with van der Waals surface area (Å²) < 4.78 is 6.99. The maximum Gasteiger partial charge on any atom is 0.293 e. The lowest BCUT2D eigenvalue weighted by molar-refractivity contribution is -0.115. The molecule has 4 rings (SSSR count). The topological polar surface area (TPSA) is 102 Å². The van der Waals surface area contributed by atoms with Gasteiger partial charge in [0.1, 0.15) is 0 Å². The molecule has 3 aromatic heterocycles. The fourth-order valence-electron chi connectivity index (χ4n) is 2.54. The number of aryl methyl sites for hydroxylation is 1. The lowest BCUT2D eigenvalue weighted by Crippen LogP contribution is -2.15. The number of benzene rings is 1. The first-order chi connectivity index (χ1) is 14.6. The summed E-state index contributed by atoms with van der Waals surface area (Å²) in [5.41, 5.74) is 1.28. The Labute approximate surface area is 180 Å². The van der Waals surface area contributed by atoms with E-state index in [9.17, 15) is 9.59 Å². The maximum atomic E-state index is 12.3. The van der Waals surface area contributed by atoms with E-state index in [0.29, 0.717) is 16.5 Å². The molecule has 3 heterocycles. The number of nitrogens with one attached hydrogen (secondary N) is 2. The van der Waals surface area contributed by atoms with Crippen molar-refractivity contribution in [2.45, 2.75) is 16.5 Å². The third-order valence-corrected chi connectivity index (χ3v) is 5.87. The van der Waals surface area contributed by atoms with E-state index in [1.807, 2.05) is 42.1 Å². The van der Waals surface area contributed by atoms with Gasteiger partial charge in [-0.05, 0) is 36.4 Å². The molecule has 4 aromatic rings. The Hall–Kier alpha value is -3.37. The van der Waals surface area contributed by atoms with E-state index in [0.717, 1.165) is 10.1 Å². The van der Waals surface area contributed by atoms with Gasteiger partial charge in [-0.15, -0.1) is 11.3 Å². The van der Waals surface area contributed by atoms with E-state index in [1.165, 1.54) is 17.6 Å². The second-order valence-electron chi connectivity index (χ2n) is 6.25. The molecule has 0 radical (unpaired) electrons. The Bertz CT molecular complexity index is 1150. The van der Waals surface area contributed by atoms with Crippen molar-refractivity contribution in [2.24, 2.45) is 7.05 Å². The highest BCUT2D eigenvalue weighted by Gasteiger charge is 2.13. The van der Waals surface area contributed by atoms with E-state index in [-0.39, 0.29) is 24.0 Å². The number of hydrogen-bond acceptors (Lipinski definition) is 7. The highest BCUT2D eigenvalue weighted by Crippen LogP contribution is 2.27. The van der Waals surface area contributed by atoms with E-state index in [2.05, 4.69) is 20.6 Å². The molecule has 0 aliphatic rings. The zero-order valence-corrected chi connectivity index (χ0v) is 17.5. The van der Waals surface area contributed by atoms with E-state index in [4.69, 9.17) is 4.42 Å². The molecule has 10 heteroatoms. The van der Waals surface area contributed by atoms with Crippen molar-refractivity contribution in [2.75, 3.05) is 10.6 Å². The van der Waals surface area contributed by atoms with Crippen LogP contribution in [0.1, 0.15) is 16.2 Å². The first kappa shape index (κ1) is 19.9. The fraction of sp³-hybridized carbons (Fsp3) is 0.100. The molecule has 0 atom stereocenters. The van der Waals surface area contributed by atoms with Gasteiger partial charge in [0, 0.05) is 35.4 Å². The van der Waals surface area contributed by atoms with Crippen LogP contribution in [-0.2, 0) is 18.3 Å². The summed E-state index contributed by atoms with van der Waals surface area (Å²) in [4.78, 5) is 33.9. The first-order valence-corrected chi connectivity index (χ1v) is 10.6. The van der Waals surface area contributed by atoms with Crippen LogP contribution in [-0.4, -0.2) is 26.3 Å². The SMILES string of the molecule is Cn1ccnc1Sc1ccc(NC(=O)Cc2csc(NC(=O)c3ccco3)n2)cc1. The van der Waals surface area contributed by atoms with Gasteiger partial charge >= 0.3 is 0 Å². The third kappa shape index (κ3) is 4.97. The summed E-state index contributed by atoms with van der Waals surface area (Å²) in [6, 6.07) is 10.8. The zero-order chi connectivity index (χ0) is 20.9. The largest absolute Gasteiger partial charge is 0.459 e. The van der Waals surface area contributed by atoms with Crippen LogP contribution in [0.3, 0.4) is 0 Å². The predicted octanol–water partition coefficient (Wildman–Crippen LogP) is 4.05. The third-order valence-electron chi connectivity index (χ3n) is 3.98. The molecular weight excluding hydrogens is 422 g/mol. The molecule has 2 N–H and O–H groups in total. The van der Waals surface area contributed by atoms with Crippen LogP contribution < -0.4 is 10.6 Å². The van der Waals surface area contributed by atoms with Crippen LogP contribution in [0.25, 0.3) is 0 Å². The molecule has 0 unspecified atom stereocenters. The van der Waals surface area contributed by atoms with Gasteiger partial charge in [-0.2, -0.15) is 0 Å². The number of rotatable bonds is 7. The summed E-state index contributed by atoms with van der Waals surface area (Å²) in [7, 11) is 1.94. The minimum atomic E-state index is -0.381. The molecule has 0 bridgehead atoms. The van der Waals surface area contributed by atoms with Crippen molar-refractivity contribution in [1.82, 2.24) is 14.5 Å². The van der Waals surface area contributed by atoms with Crippen molar-refractivity contribution in [3.05, 3.63) is 71.9 Å². The number of carbonyl (C=O) groups is 2. The normalized spacial score (nSPS) is 10.7. The molecular formula is C20H17N5O3S2. The molecule has 1 aromatic carbocycles. The molecule has 0 fully saturated rings. The number of amides is 2. The number of carbonyl (C=O) groups excluding carboxylic acids is 2. The van der Waals surface area contributed by atoms with Gasteiger partial charge in [0.25, 0.3) is 5.91 Å². The van der Waals surface area contributed by atoms with Crippen LogP contribution >= 0.6 is 23.1 Å². The van der Waals surface area contributed by atoms with Crippen molar-refractivity contribution in [3.8, 4) is 0 Å². The van der Waals surface area contributed by atoms with Crippen molar-refractivity contribution < 1.29 is 14.0 Å². The monoisotopic (exact) mass is 439 g/mol. The van der Waals surface area contributed by atoms with E-state index >= 15 is 0 Å². The summed E-state index contributed by atoms with van der Waals surface area (Å²) in [5.74, 6) is -0.364. The molecule has 0 saturated heterocycles. The number of imidazole rings is 1. The lowest BCUT2D eigenvalue weighted by atomic mass is 10.3. The number of hydrogen-bond donors (Lipinski definition) is 2. The maximum absolute atomic E-state index is 12.3. The minimum absolute atomic E-state index is 0.108. The van der Waals surface area contributed by atoms with Crippen molar-refractivity contribution in [1.29, 1.82) is 0 Å². The van der Waals surface area contributed by atoms with Gasteiger partial charge in [-0.3, -0.25) is 14.9 Å². The van der Waals surface area contributed by atoms with Crippen LogP contribution in [0.4, 0.5) is 10.8 Å². The Morgan fingerprint density at radius 3 is 2.73 bits per heavy atom. The number of nitrogens with zero attached hydrogens (tertiary/aromatic N) is 3. The first-order valence-electron chi connectivity index (χ1n) is 8.91. The summed E-state index contributed by atoms with van der Waals surface area (Å²) in [6.45, 7) is 0. The second-order valence-corrected chi connectivity index (χ2v) is 8.15. The van der Waals surface area contributed by atoms with E-state index < -0.39 is 0 Å². The zero-order valence-electron chi connectivity index (χ0n) is 15.9.